The number of carbonyl (C=O) groups excluding carboxylic acids is 2. The number of carbonyl (C=O) groups is 2. The number of nitrogens with one attached hydrogen (secondary N) is 1. The van der Waals surface area contributed by atoms with Crippen molar-refractivity contribution >= 4 is 28.7 Å². The summed E-state index contributed by atoms with van der Waals surface area (Å²) in [5.74, 6) is 0.308. The second-order valence-electron chi connectivity index (χ2n) is 3.87. The highest BCUT2D eigenvalue weighted by atomic mass is 32.1. The Labute approximate surface area is 115 Å². The number of para-hydroxylation sites is 2. The lowest BCUT2D eigenvalue weighted by Gasteiger charge is -2.08. The van der Waals surface area contributed by atoms with E-state index in [1.165, 1.54) is 18.3 Å². The number of ether oxygens (including phenoxy) is 1. The van der Waals surface area contributed by atoms with E-state index in [9.17, 15) is 9.59 Å². The molecule has 0 bridgehead atoms. The molecule has 5 heteroatoms. The van der Waals surface area contributed by atoms with Gasteiger partial charge < -0.3 is 10.1 Å². The molecule has 0 spiro atoms. The molecule has 2 rings (SSSR count). The van der Waals surface area contributed by atoms with Crippen molar-refractivity contribution in [2.45, 2.75) is 6.92 Å². The summed E-state index contributed by atoms with van der Waals surface area (Å²) in [6, 6.07) is 10.5. The number of anilines is 1. The van der Waals surface area contributed by atoms with E-state index in [1.54, 1.807) is 31.4 Å². The molecule has 1 heterocycles. The maximum absolute atomic E-state index is 12.1. The molecule has 1 N–H and O–H groups in total. The van der Waals surface area contributed by atoms with Gasteiger partial charge in [-0.1, -0.05) is 12.1 Å². The zero-order valence-electron chi connectivity index (χ0n) is 10.6. The van der Waals surface area contributed by atoms with Crippen LogP contribution < -0.4 is 10.1 Å². The second-order valence-corrected chi connectivity index (χ2v) is 4.96. The summed E-state index contributed by atoms with van der Waals surface area (Å²) in [6.07, 6.45) is 0. The van der Waals surface area contributed by atoms with Crippen LogP contribution in [0.3, 0.4) is 0 Å². The van der Waals surface area contributed by atoms with Gasteiger partial charge in [-0.25, -0.2) is 0 Å². The number of thiophene rings is 1. The van der Waals surface area contributed by atoms with Gasteiger partial charge in [0.2, 0.25) is 0 Å². The van der Waals surface area contributed by atoms with Crippen LogP contribution in [-0.4, -0.2) is 18.8 Å². The predicted octanol–water partition coefficient (Wildman–Crippen LogP) is 3.21. The molecule has 0 saturated carbocycles. The lowest BCUT2D eigenvalue weighted by Crippen LogP contribution is -2.10. The summed E-state index contributed by atoms with van der Waals surface area (Å²) < 4.78 is 5.16. The highest BCUT2D eigenvalue weighted by Crippen LogP contribution is 2.25. The van der Waals surface area contributed by atoms with E-state index in [4.69, 9.17) is 4.74 Å². The molecular formula is C14H13NO3S. The van der Waals surface area contributed by atoms with Crippen molar-refractivity contribution in [3.8, 4) is 5.75 Å². The van der Waals surface area contributed by atoms with Crippen LogP contribution in [0.1, 0.15) is 26.3 Å². The molecule has 0 fully saturated rings. The first-order valence-corrected chi connectivity index (χ1v) is 6.48. The highest BCUT2D eigenvalue weighted by Gasteiger charge is 2.13. The highest BCUT2D eigenvalue weighted by molar-refractivity contribution is 7.16. The average Bonchev–Trinajstić information content (AvgIpc) is 2.89. The van der Waals surface area contributed by atoms with Crippen molar-refractivity contribution in [1.29, 1.82) is 0 Å². The largest absolute Gasteiger partial charge is 0.495 e. The molecule has 1 amide bonds. The molecule has 0 saturated heterocycles. The number of rotatable bonds is 4. The summed E-state index contributed by atoms with van der Waals surface area (Å²) in [5.41, 5.74) is 0.604. The average molecular weight is 275 g/mol. The van der Waals surface area contributed by atoms with E-state index in [-0.39, 0.29) is 11.7 Å². The van der Waals surface area contributed by atoms with Gasteiger partial charge in [-0.2, -0.15) is 0 Å². The fraction of sp³-hybridized carbons (Fsp3) is 0.143. The number of methoxy groups -OCH3 is 1. The van der Waals surface area contributed by atoms with Crippen molar-refractivity contribution in [3.05, 3.63) is 46.2 Å². The third kappa shape index (κ3) is 3.00. The molecule has 0 aliphatic rings. The summed E-state index contributed by atoms with van der Waals surface area (Å²) in [7, 11) is 1.55. The molecule has 2 aromatic rings. The number of amides is 1. The molecular weight excluding hydrogens is 262 g/mol. The molecule has 0 aliphatic carbocycles. The summed E-state index contributed by atoms with van der Waals surface area (Å²) in [6.45, 7) is 1.48. The van der Waals surface area contributed by atoms with Crippen molar-refractivity contribution in [2.24, 2.45) is 0 Å². The van der Waals surface area contributed by atoms with Crippen LogP contribution in [0.2, 0.25) is 0 Å². The third-order valence-electron chi connectivity index (χ3n) is 2.53. The van der Waals surface area contributed by atoms with E-state index < -0.39 is 0 Å². The Hall–Kier alpha value is -2.14. The Morgan fingerprint density at radius 3 is 2.42 bits per heavy atom. The number of Topliss-reactive ketones (excluding diaryl/α,β-unsaturated/α-hetero) is 1. The van der Waals surface area contributed by atoms with Gasteiger partial charge in [0.05, 0.1) is 22.6 Å². The molecule has 1 aromatic heterocycles. The van der Waals surface area contributed by atoms with Crippen molar-refractivity contribution in [2.75, 3.05) is 12.4 Å². The molecule has 0 radical (unpaired) electrons. The van der Waals surface area contributed by atoms with Gasteiger partial charge in [0.1, 0.15) is 5.75 Å². The molecule has 98 valence electrons. The van der Waals surface area contributed by atoms with Crippen LogP contribution in [-0.2, 0) is 0 Å². The van der Waals surface area contributed by atoms with Crippen LogP contribution in [0, 0.1) is 0 Å². The molecule has 1 aromatic carbocycles. The fourth-order valence-electron chi connectivity index (χ4n) is 1.58. The number of benzene rings is 1. The van der Waals surface area contributed by atoms with Crippen molar-refractivity contribution < 1.29 is 14.3 Å². The minimum atomic E-state index is -0.248. The maximum atomic E-state index is 12.1. The monoisotopic (exact) mass is 275 g/mol. The SMILES string of the molecule is COc1ccccc1NC(=O)c1ccc(C(C)=O)s1. The fourth-order valence-corrected chi connectivity index (χ4v) is 2.38. The lowest BCUT2D eigenvalue weighted by molar-refractivity contribution is 0.101. The standard InChI is InChI=1S/C14H13NO3S/c1-9(16)12-7-8-13(19-12)14(17)15-10-5-3-4-6-11(10)18-2/h3-8H,1-2H3,(H,15,17). The van der Waals surface area contributed by atoms with Gasteiger partial charge in [0.25, 0.3) is 5.91 Å². The van der Waals surface area contributed by atoms with Crippen LogP contribution in [0.25, 0.3) is 0 Å². The normalized spacial score (nSPS) is 10.0. The Morgan fingerprint density at radius 1 is 1.11 bits per heavy atom. The first-order chi connectivity index (χ1) is 9.11. The van der Waals surface area contributed by atoms with Gasteiger partial charge >= 0.3 is 0 Å². The van der Waals surface area contributed by atoms with Crippen LogP contribution >= 0.6 is 11.3 Å². The topological polar surface area (TPSA) is 55.4 Å². The van der Waals surface area contributed by atoms with Crippen molar-refractivity contribution in [1.82, 2.24) is 0 Å². The van der Waals surface area contributed by atoms with Gasteiger partial charge in [-0.3, -0.25) is 9.59 Å². The zero-order chi connectivity index (χ0) is 13.8. The van der Waals surface area contributed by atoms with Crippen LogP contribution in [0.5, 0.6) is 5.75 Å². The Bertz CT molecular complexity index is 619. The quantitative estimate of drug-likeness (QED) is 0.872. The van der Waals surface area contributed by atoms with E-state index >= 15 is 0 Å². The lowest BCUT2D eigenvalue weighted by atomic mass is 10.3. The first kappa shape index (κ1) is 13.3. The Morgan fingerprint density at radius 2 is 1.79 bits per heavy atom. The number of hydrogen-bond donors (Lipinski definition) is 1. The Balaban J connectivity index is 2.18. The zero-order valence-corrected chi connectivity index (χ0v) is 11.4. The molecule has 0 unspecified atom stereocenters. The molecule has 0 aliphatic heterocycles. The smallest absolute Gasteiger partial charge is 0.265 e. The van der Waals surface area contributed by atoms with Gasteiger partial charge in [0, 0.05) is 0 Å². The Kier molecular flexibility index (Phi) is 3.97. The first-order valence-electron chi connectivity index (χ1n) is 5.67. The third-order valence-corrected chi connectivity index (χ3v) is 3.72. The minimum absolute atomic E-state index is 0.0404. The van der Waals surface area contributed by atoms with Crippen LogP contribution in [0.15, 0.2) is 36.4 Å². The van der Waals surface area contributed by atoms with Crippen LogP contribution in [0.4, 0.5) is 5.69 Å². The summed E-state index contributed by atoms with van der Waals surface area (Å²) in [5, 5.41) is 2.77. The predicted molar refractivity (Wildman–Crippen MR) is 75.3 cm³/mol. The molecule has 4 nitrogen and oxygen atoms in total. The van der Waals surface area contributed by atoms with E-state index in [2.05, 4.69) is 5.32 Å². The minimum Gasteiger partial charge on any atom is -0.495 e. The molecule has 19 heavy (non-hydrogen) atoms. The van der Waals surface area contributed by atoms with E-state index in [0.717, 1.165) is 0 Å². The molecule has 0 atom stereocenters. The van der Waals surface area contributed by atoms with Gasteiger partial charge in [0.15, 0.2) is 5.78 Å². The number of hydrogen-bond acceptors (Lipinski definition) is 4. The number of ketones is 1. The second kappa shape index (κ2) is 5.67. The van der Waals surface area contributed by atoms with E-state index in [0.29, 0.717) is 21.2 Å². The van der Waals surface area contributed by atoms with Crippen molar-refractivity contribution in [3.63, 3.8) is 0 Å². The summed E-state index contributed by atoms with van der Waals surface area (Å²) >= 11 is 1.18. The van der Waals surface area contributed by atoms with Gasteiger partial charge in [-0.05, 0) is 31.2 Å². The maximum Gasteiger partial charge on any atom is 0.265 e. The van der Waals surface area contributed by atoms with Gasteiger partial charge in [-0.15, -0.1) is 11.3 Å². The van der Waals surface area contributed by atoms with E-state index in [1.807, 2.05) is 12.1 Å². The summed E-state index contributed by atoms with van der Waals surface area (Å²) in [4.78, 5) is 24.3.